The molecule has 0 saturated carbocycles. The highest BCUT2D eigenvalue weighted by Gasteiger charge is 2.18. The second kappa shape index (κ2) is 7.86. The predicted molar refractivity (Wildman–Crippen MR) is 86.2 cm³/mol. The molecule has 2 N–H and O–H groups in total. The second-order valence-electron chi connectivity index (χ2n) is 5.40. The Morgan fingerprint density at radius 2 is 1.81 bits per heavy atom. The maximum absolute atomic E-state index is 12.9. The van der Waals surface area contributed by atoms with Crippen LogP contribution in [-0.2, 0) is 0 Å². The molecule has 1 aromatic carbocycles. The van der Waals surface area contributed by atoms with E-state index in [1.54, 1.807) is 0 Å². The summed E-state index contributed by atoms with van der Waals surface area (Å²) in [7, 11) is 0. The van der Waals surface area contributed by atoms with E-state index in [0.717, 1.165) is 44.8 Å². The van der Waals surface area contributed by atoms with Gasteiger partial charge in [0.25, 0.3) is 0 Å². The van der Waals surface area contributed by atoms with Crippen molar-refractivity contribution in [2.45, 2.75) is 26.2 Å². The number of anilines is 1. The van der Waals surface area contributed by atoms with Gasteiger partial charge in [0.2, 0.25) is 0 Å². The van der Waals surface area contributed by atoms with Gasteiger partial charge in [0, 0.05) is 38.4 Å². The Balaban J connectivity index is 1.81. The summed E-state index contributed by atoms with van der Waals surface area (Å²) in [5.74, 6) is 0.464. The molecule has 0 aliphatic carbocycles. The third-order valence-corrected chi connectivity index (χ3v) is 3.83. The number of guanidine groups is 1. The molecule has 1 saturated heterocycles. The van der Waals surface area contributed by atoms with E-state index in [4.69, 9.17) is 5.73 Å². The van der Waals surface area contributed by atoms with Crippen LogP contribution in [0.15, 0.2) is 29.3 Å². The smallest absolute Gasteiger partial charge is 0.191 e. The largest absolute Gasteiger partial charge is 0.370 e. The van der Waals surface area contributed by atoms with E-state index in [-0.39, 0.29) is 5.82 Å². The average molecular weight is 292 g/mol. The molecule has 1 fully saturated rings. The van der Waals surface area contributed by atoms with Crippen molar-refractivity contribution >= 4 is 11.6 Å². The fraction of sp³-hybridized carbons (Fsp3) is 0.562. The number of benzene rings is 1. The number of nitrogens with two attached hydrogens (primary N) is 1. The zero-order valence-corrected chi connectivity index (χ0v) is 12.8. The van der Waals surface area contributed by atoms with Gasteiger partial charge in [0.1, 0.15) is 5.82 Å². The second-order valence-corrected chi connectivity index (χ2v) is 5.40. The summed E-state index contributed by atoms with van der Waals surface area (Å²) in [5, 5.41) is 0. The maximum Gasteiger partial charge on any atom is 0.191 e. The van der Waals surface area contributed by atoms with Gasteiger partial charge in [-0.2, -0.15) is 0 Å². The lowest BCUT2D eigenvalue weighted by atomic mass is 10.2. The molecule has 0 spiro atoms. The molecule has 116 valence electrons. The first-order valence-corrected chi connectivity index (χ1v) is 7.76. The van der Waals surface area contributed by atoms with Crippen LogP contribution >= 0.6 is 0 Å². The molecule has 1 heterocycles. The highest BCUT2D eigenvalue weighted by atomic mass is 19.1. The molecule has 1 aliphatic rings. The first-order chi connectivity index (χ1) is 10.2. The Hall–Kier alpha value is -1.78. The van der Waals surface area contributed by atoms with Crippen LogP contribution in [0, 0.1) is 5.82 Å². The minimum atomic E-state index is -0.194. The molecule has 0 atom stereocenters. The fourth-order valence-corrected chi connectivity index (χ4v) is 2.50. The summed E-state index contributed by atoms with van der Waals surface area (Å²) in [6.07, 6.45) is 3.51. The van der Waals surface area contributed by atoms with Crippen LogP contribution in [0.3, 0.4) is 0 Å². The number of unbranched alkanes of at least 4 members (excludes halogenated alkanes) is 2. The van der Waals surface area contributed by atoms with Crippen LogP contribution in [-0.4, -0.2) is 43.6 Å². The molecule has 21 heavy (non-hydrogen) atoms. The molecule has 0 bridgehead atoms. The third kappa shape index (κ3) is 4.62. The van der Waals surface area contributed by atoms with Crippen molar-refractivity contribution < 1.29 is 4.39 Å². The Bertz CT molecular complexity index is 450. The Kier molecular flexibility index (Phi) is 5.84. The molecule has 1 aliphatic heterocycles. The average Bonchev–Trinajstić information content (AvgIpc) is 2.52. The number of piperazine rings is 1. The standard InChI is InChI=1S/C16H25FN4/c1-2-3-4-9-19-16(18)21-12-10-20(11-13-21)15-7-5-14(17)6-8-15/h5-8H,2-4,9-13H2,1H3,(H2,18,19). The van der Waals surface area contributed by atoms with Gasteiger partial charge in [-0.1, -0.05) is 19.8 Å². The first-order valence-electron chi connectivity index (χ1n) is 7.76. The van der Waals surface area contributed by atoms with Crippen LogP contribution < -0.4 is 10.6 Å². The Labute approximate surface area is 126 Å². The molecule has 4 nitrogen and oxygen atoms in total. The van der Waals surface area contributed by atoms with Gasteiger partial charge in [-0.05, 0) is 30.7 Å². The monoisotopic (exact) mass is 292 g/mol. The summed E-state index contributed by atoms with van der Waals surface area (Å²) in [5.41, 5.74) is 7.11. The number of aliphatic imine (C=N–C) groups is 1. The molecule has 0 amide bonds. The van der Waals surface area contributed by atoms with Gasteiger partial charge >= 0.3 is 0 Å². The summed E-state index contributed by atoms with van der Waals surface area (Å²) in [4.78, 5) is 8.83. The number of halogens is 1. The summed E-state index contributed by atoms with van der Waals surface area (Å²) in [6.45, 7) is 6.49. The minimum Gasteiger partial charge on any atom is -0.370 e. The normalized spacial score (nSPS) is 16.4. The molecule has 5 heteroatoms. The summed E-state index contributed by atoms with van der Waals surface area (Å²) < 4.78 is 12.9. The number of hydrogen-bond acceptors (Lipinski definition) is 2. The number of hydrogen-bond donors (Lipinski definition) is 1. The van der Waals surface area contributed by atoms with Crippen molar-refractivity contribution in [3.05, 3.63) is 30.1 Å². The number of nitrogens with zero attached hydrogens (tertiary/aromatic N) is 3. The SMILES string of the molecule is CCCCCN=C(N)N1CCN(c2ccc(F)cc2)CC1. The molecule has 0 radical (unpaired) electrons. The van der Waals surface area contributed by atoms with E-state index in [0.29, 0.717) is 5.96 Å². The Morgan fingerprint density at radius 1 is 1.14 bits per heavy atom. The molecule has 2 rings (SSSR count). The van der Waals surface area contributed by atoms with E-state index in [1.165, 1.54) is 25.0 Å². The van der Waals surface area contributed by atoms with E-state index in [2.05, 4.69) is 21.7 Å². The first kappa shape index (κ1) is 15.6. The van der Waals surface area contributed by atoms with Gasteiger partial charge in [0.15, 0.2) is 5.96 Å². The van der Waals surface area contributed by atoms with Crippen molar-refractivity contribution in [3.63, 3.8) is 0 Å². The van der Waals surface area contributed by atoms with Gasteiger partial charge in [0.05, 0.1) is 0 Å². The highest BCUT2D eigenvalue weighted by Crippen LogP contribution is 2.16. The molecule has 0 aromatic heterocycles. The van der Waals surface area contributed by atoms with Gasteiger partial charge in [-0.25, -0.2) is 4.39 Å². The zero-order valence-electron chi connectivity index (χ0n) is 12.8. The highest BCUT2D eigenvalue weighted by molar-refractivity contribution is 5.78. The Morgan fingerprint density at radius 3 is 2.43 bits per heavy atom. The topological polar surface area (TPSA) is 44.9 Å². The quantitative estimate of drug-likeness (QED) is 0.515. The fourth-order valence-electron chi connectivity index (χ4n) is 2.50. The molecular formula is C16H25FN4. The van der Waals surface area contributed by atoms with Crippen LogP contribution in [0.5, 0.6) is 0 Å². The number of rotatable bonds is 5. The van der Waals surface area contributed by atoms with Crippen LogP contribution in [0.25, 0.3) is 0 Å². The molecule has 0 unspecified atom stereocenters. The lowest BCUT2D eigenvalue weighted by Gasteiger charge is -2.36. The van der Waals surface area contributed by atoms with E-state index in [9.17, 15) is 4.39 Å². The van der Waals surface area contributed by atoms with Crippen molar-refractivity contribution in [2.24, 2.45) is 10.7 Å². The zero-order chi connectivity index (χ0) is 15.1. The summed E-state index contributed by atoms with van der Waals surface area (Å²) in [6, 6.07) is 6.66. The van der Waals surface area contributed by atoms with E-state index < -0.39 is 0 Å². The van der Waals surface area contributed by atoms with Crippen molar-refractivity contribution in [1.29, 1.82) is 0 Å². The van der Waals surface area contributed by atoms with Gasteiger partial charge in [-0.15, -0.1) is 0 Å². The van der Waals surface area contributed by atoms with Crippen LogP contribution in [0.1, 0.15) is 26.2 Å². The van der Waals surface area contributed by atoms with Crippen LogP contribution in [0.4, 0.5) is 10.1 Å². The molecule has 1 aromatic rings. The van der Waals surface area contributed by atoms with Crippen molar-refractivity contribution in [2.75, 3.05) is 37.6 Å². The summed E-state index contributed by atoms with van der Waals surface area (Å²) >= 11 is 0. The minimum absolute atomic E-state index is 0.194. The van der Waals surface area contributed by atoms with Crippen molar-refractivity contribution in [3.8, 4) is 0 Å². The van der Waals surface area contributed by atoms with Crippen molar-refractivity contribution in [1.82, 2.24) is 4.90 Å². The predicted octanol–water partition coefficient (Wildman–Crippen LogP) is 2.45. The molecular weight excluding hydrogens is 267 g/mol. The third-order valence-electron chi connectivity index (χ3n) is 3.83. The maximum atomic E-state index is 12.9. The lowest BCUT2D eigenvalue weighted by molar-refractivity contribution is 0.380. The van der Waals surface area contributed by atoms with Gasteiger partial charge in [-0.3, -0.25) is 4.99 Å². The van der Waals surface area contributed by atoms with E-state index in [1.807, 2.05) is 12.1 Å². The lowest BCUT2D eigenvalue weighted by Crippen LogP contribution is -2.51. The van der Waals surface area contributed by atoms with Gasteiger partial charge < -0.3 is 15.5 Å². The van der Waals surface area contributed by atoms with Crippen LogP contribution in [0.2, 0.25) is 0 Å². The van der Waals surface area contributed by atoms with E-state index >= 15 is 0 Å².